The maximum atomic E-state index is 13.3. The Kier molecular flexibility index (Phi) is 5.26. The van der Waals surface area contributed by atoms with E-state index in [1.807, 2.05) is 0 Å². The molecule has 4 heteroatoms. The molecule has 0 spiro atoms. The first-order valence-corrected chi connectivity index (χ1v) is 7.77. The maximum Gasteiger partial charge on any atom is 0.159 e. The molecule has 0 aliphatic heterocycles. The van der Waals surface area contributed by atoms with Crippen molar-refractivity contribution in [1.29, 1.82) is 0 Å². The highest BCUT2D eigenvalue weighted by Gasteiger charge is 2.16. The maximum absolute atomic E-state index is 13.3. The predicted molar refractivity (Wildman–Crippen MR) is 80.2 cm³/mol. The summed E-state index contributed by atoms with van der Waals surface area (Å²) in [5.74, 6) is -1.57. The van der Waals surface area contributed by atoms with Crippen molar-refractivity contribution in [2.75, 3.05) is 6.54 Å². The lowest BCUT2D eigenvalue weighted by molar-refractivity contribution is 0.503. The van der Waals surface area contributed by atoms with E-state index < -0.39 is 11.6 Å². The minimum absolute atomic E-state index is 0.153. The van der Waals surface area contributed by atoms with Gasteiger partial charge in [0.05, 0.1) is 0 Å². The highest BCUT2D eigenvalue weighted by molar-refractivity contribution is 7.10. The van der Waals surface area contributed by atoms with Crippen molar-refractivity contribution in [3.63, 3.8) is 0 Å². The van der Waals surface area contributed by atoms with Crippen molar-refractivity contribution >= 4 is 11.3 Å². The van der Waals surface area contributed by atoms with Crippen molar-refractivity contribution in [1.82, 2.24) is 5.32 Å². The van der Waals surface area contributed by atoms with Crippen LogP contribution in [0.3, 0.4) is 0 Å². The summed E-state index contributed by atoms with van der Waals surface area (Å²) in [5.41, 5.74) is 2.13. The third kappa shape index (κ3) is 3.44. The number of thiophene rings is 1. The second-order valence-electron chi connectivity index (χ2n) is 4.73. The number of likely N-dealkylation sites (N-methyl/N-ethyl adjacent to an activating group) is 1. The molecule has 1 heterocycles. The molecule has 2 aromatic rings. The Morgan fingerprint density at radius 2 is 1.95 bits per heavy atom. The van der Waals surface area contributed by atoms with Gasteiger partial charge >= 0.3 is 0 Å². The molecule has 0 saturated heterocycles. The van der Waals surface area contributed by atoms with Crippen LogP contribution in [0.5, 0.6) is 0 Å². The molecule has 0 aliphatic rings. The summed E-state index contributed by atoms with van der Waals surface area (Å²) in [6.07, 6.45) is 1.65. The van der Waals surface area contributed by atoms with Crippen LogP contribution in [0.15, 0.2) is 29.6 Å². The van der Waals surface area contributed by atoms with Gasteiger partial charge in [0, 0.05) is 10.9 Å². The van der Waals surface area contributed by atoms with Crippen LogP contribution >= 0.6 is 11.3 Å². The summed E-state index contributed by atoms with van der Waals surface area (Å²) in [5, 5.41) is 5.52. The van der Waals surface area contributed by atoms with E-state index in [1.165, 1.54) is 22.6 Å². The van der Waals surface area contributed by atoms with Crippen molar-refractivity contribution in [2.45, 2.75) is 32.7 Å². The summed E-state index contributed by atoms with van der Waals surface area (Å²) < 4.78 is 26.3. The second-order valence-corrected chi connectivity index (χ2v) is 5.67. The number of benzene rings is 1. The SMILES string of the molecule is CCNC(Cc1ccc(F)c(F)c1)c1sccc1CC. The summed E-state index contributed by atoms with van der Waals surface area (Å²) in [7, 11) is 0. The van der Waals surface area contributed by atoms with E-state index >= 15 is 0 Å². The summed E-state index contributed by atoms with van der Waals surface area (Å²) in [4.78, 5) is 1.29. The molecule has 0 bridgehead atoms. The molecule has 2 rings (SSSR count). The average Bonchev–Trinajstić information content (AvgIpc) is 2.90. The van der Waals surface area contributed by atoms with Crippen LogP contribution in [0, 0.1) is 11.6 Å². The van der Waals surface area contributed by atoms with Crippen molar-refractivity contribution < 1.29 is 8.78 Å². The quantitative estimate of drug-likeness (QED) is 0.828. The number of hydrogen-bond acceptors (Lipinski definition) is 2. The van der Waals surface area contributed by atoms with E-state index in [2.05, 4.69) is 30.6 Å². The lowest BCUT2D eigenvalue weighted by Crippen LogP contribution is -2.23. The fourth-order valence-electron chi connectivity index (χ4n) is 2.35. The van der Waals surface area contributed by atoms with Gasteiger partial charge in [-0.1, -0.05) is 19.9 Å². The summed E-state index contributed by atoms with van der Waals surface area (Å²) in [6, 6.07) is 6.43. The predicted octanol–water partition coefficient (Wildman–Crippen LogP) is 4.48. The van der Waals surface area contributed by atoms with Gasteiger partial charge < -0.3 is 5.32 Å². The summed E-state index contributed by atoms with van der Waals surface area (Å²) in [6.45, 7) is 5.03. The van der Waals surface area contributed by atoms with Crippen LogP contribution < -0.4 is 5.32 Å². The van der Waals surface area contributed by atoms with E-state index in [-0.39, 0.29) is 6.04 Å². The number of aryl methyl sites for hydroxylation is 1. The number of halogens is 2. The van der Waals surface area contributed by atoms with Gasteiger partial charge in [0.1, 0.15) is 0 Å². The van der Waals surface area contributed by atoms with Gasteiger partial charge in [0.15, 0.2) is 11.6 Å². The van der Waals surface area contributed by atoms with Gasteiger partial charge in [0.25, 0.3) is 0 Å². The first kappa shape index (κ1) is 15.1. The molecule has 0 saturated carbocycles. The Hall–Kier alpha value is -1.26. The fraction of sp³-hybridized carbons (Fsp3) is 0.375. The van der Waals surface area contributed by atoms with Crippen LogP contribution in [-0.4, -0.2) is 6.54 Å². The molecule has 20 heavy (non-hydrogen) atoms. The van der Waals surface area contributed by atoms with E-state index in [9.17, 15) is 8.78 Å². The molecule has 1 nitrogen and oxygen atoms in total. The molecule has 1 aromatic carbocycles. The largest absolute Gasteiger partial charge is 0.309 e. The Labute approximate surface area is 122 Å². The molecule has 1 N–H and O–H groups in total. The van der Waals surface area contributed by atoms with Gasteiger partial charge in [-0.05, 0) is 54.1 Å². The lowest BCUT2D eigenvalue weighted by Gasteiger charge is -2.18. The zero-order valence-electron chi connectivity index (χ0n) is 11.7. The molecule has 1 atom stereocenters. The summed E-state index contributed by atoms with van der Waals surface area (Å²) >= 11 is 1.72. The van der Waals surface area contributed by atoms with Gasteiger partial charge in [0.2, 0.25) is 0 Å². The first-order valence-electron chi connectivity index (χ1n) is 6.89. The van der Waals surface area contributed by atoms with Gasteiger partial charge in [-0.25, -0.2) is 8.78 Å². The van der Waals surface area contributed by atoms with Crippen molar-refractivity contribution in [3.8, 4) is 0 Å². The average molecular weight is 295 g/mol. The molecule has 0 radical (unpaired) electrons. The Bertz CT molecular complexity index is 565. The van der Waals surface area contributed by atoms with Crippen LogP contribution in [0.2, 0.25) is 0 Å². The van der Waals surface area contributed by atoms with Gasteiger partial charge in [-0.3, -0.25) is 0 Å². The third-order valence-electron chi connectivity index (χ3n) is 3.35. The molecular weight excluding hydrogens is 276 g/mol. The van der Waals surface area contributed by atoms with E-state index in [0.717, 1.165) is 18.5 Å². The van der Waals surface area contributed by atoms with E-state index in [0.29, 0.717) is 6.42 Å². The Balaban J connectivity index is 2.23. The van der Waals surface area contributed by atoms with Crippen LogP contribution in [0.1, 0.15) is 35.9 Å². The first-order chi connectivity index (χ1) is 9.65. The molecule has 108 valence electrons. The third-order valence-corrected chi connectivity index (χ3v) is 4.43. The zero-order chi connectivity index (χ0) is 14.5. The highest BCUT2D eigenvalue weighted by atomic mass is 32.1. The molecule has 1 unspecified atom stereocenters. The van der Waals surface area contributed by atoms with Crippen LogP contribution in [-0.2, 0) is 12.8 Å². The monoisotopic (exact) mass is 295 g/mol. The molecule has 1 aromatic heterocycles. The van der Waals surface area contributed by atoms with Gasteiger partial charge in [-0.15, -0.1) is 11.3 Å². The lowest BCUT2D eigenvalue weighted by atomic mass is 10.0. The normalized spacial score (nSPS) is 12.6. The molecule has 0 aliphatic carbocycles. The standard InChI is InChI=1S/C16H19F2NS/c1-3-12-7-8-20-16(12)15(19-4-2)10-11-5-6-13(17)14(18)9-11/h5-9,15,19H,3-4,10H2,1-2H3. The van der Waals surface area contributed by atoms with Crippen molar-refractivity contribution in [2.24, 2.45) is 0 Å². The molecule has 0 fully saturated rings. The smallest absolute Gasteiger partial charge is 0.159 e. The Morgan fingerprint density at radius 1 is 1.15 bits per heavy atom. The minimum Gasteiger partial charge on any atom is -0.309 e. The molecular formula is C16H19F2NS. The van der Waals surface area contributed by atoms with Gasteiger partial charge in [-0.2, -0.15) is 0 Å². The molecule has 0 amide bonds. The topological polar surface area (TPSA) is 12.0 Å². The van der Waals surface area contributed by atoms with E-state index in [1.54, 1.807) is 17.4 Å². The number of rotatable bonds is 6. The number of hydrogen-bond donors (Lipinski definition) is 1. The highest BCUT2D eigenvalue weighted by Crippen LogP contribution is 2.28. The zero-order valence-corrected chi connectivity index (χ0v) is 12.6. The minimum atomic E-state index is -0.792. The Morgan fingerprint density at radius 3 is 2.60 bits per heavy atom. The van der Waals surface area contributed by atoms with E-state index in [4.69, 9.17) is 0 Å². The van der Waals surface area contributed by atoms with Crippen LogP contribution in [0.25, 0.3) is 0 Å². The van der Waals surface area contributed by atoms with Crippen molar-refractivity contribution in [3.05, 3.63) is 57.3 Å². The second kappa shape index (κ2) is 6.95. The fourth-order valence-corrected chi connectivity index (χ4v) is 3.43. The number of nitrogens with one attached hydrogen (secondary N) is 1. The van der Waals surface area contributed by atoms with Crippen LogP contribution in [0.4, 0.5) is 8.78 Å².